The fraction of sp³-hybridized carbons (Fsp3) is 0.538. The zero-order valence-electron chi connectivity index (χ0n) is 10.9. The van der Waals surface area contributed by atoms with Crippen molar-refractivity contribution in [3.05, 3.63) is 23.7 Å². The molecule has 2 N–H and O–H groups in total. The van der Waals surface area contributed by atoms with Crippen LogP contribution in [0.1, 0.15) is 24.0 Å². The lowest BCUT2D eigenvalue weighted by Gasteiger charge is -2.15. The van der Waals surface area contributed by atoms with Crippen molar-refractivity contribution >= 4 is 11.9 Å². The molecule has 6 nitrogen and oxygen atoms in total. The summed E-state index contributed by atoms with van der Waals surface area (Å²) < 4.78 is 10.5. The molecule has 3 atom stereocenters. The third-order valence-electron chi connectivity index (χ3n) is 3.20. The van der Waals surface area contributed by atoms with Crippen LogP contribution in [0, 0.1) is 18.8 Å². The number of amides is 1. The summed E-state index contributed by atoms with van der Waals surface area (Å²) >= 11 is 0. The Morgan fingerprint density at radius 3 is 2.74 bits per heavy atom. The van der Waals surface area contributed by atoms with Gasteiger partial charge in [0.25, 0.3) is 0 Å². The Hall–Kier alpha value is -1.82. The summed E-state index contributed by atoms with van der Waals surface area (Å²) in [6.45, 7) is 2.10. The van der Waals surface area contributed by atoms with Gasteiger partial charge in [0.05, 0.1) is 18.4 Å². The lowest BCUT2D eigenvalue weighted by atomic mass is 10.2. The molecular weight excluding hydrogens is 250 g/mol. The third kappa shape index (κ3) is 3.14. The molecule has 19 heavy (non-hydrogen) atoms. The van der Waals surface area contributed by atoms with Crippen molar-refractivity contribution in [3.8, 4) is 0 Å². The van der Waals surface area contributed by atoms with Crippen molar-refractivity contribution in [1.29, 1.82) is 0 Å². The van der Waals surface area contributed by atoms with E-state index in [-0.39, 0.29) is 18.6 Å². The molecule has 0 aromatic carbocycles. The van der Waals surface area contributed by atoms with Crippen molar-refractivity contribution in [3.63, 3.8) is 0 Å². The second-order valence-electron chi connectivity index (χ2n) is 4.75. The number of aliphatic carboxylic acids is 1. The molecule has 0 bridgehead atoms. The van der Waals surface area contributed by atoms with Crippen LogP contribution in [0.15, 0.2) is 16.5 Å². The summed E-state index contributed by atoms with van der Waals surface area (Å²) in [6.07, 6.45) is 0.401. The Balaban J connectivity index is 1.98. The summed E-state index contributed by atoms with van der Waals surface area (Å²) in [5.41, 5.74) is 0. The van der Waals surface area contributed by atoms with Gasteiger partial charge in [-0.2, -0.15) is 0 Å². The van der Waals surface area contributed by atoms with Crippen LogP contribution in [-0.4, -0.2) is 30.7 Å². The Labute approximate surface area is 110 Å². The van der Waals surface area contributed by atoms with Crippen LogP contribution in [-0.2, 0) is 14.3 Å². The Kier molecular flexibility index (Phi) is 3.90. The van der Waals surface area contributed by atoms with E-state index in [0.717, 1.165) is 5.76 Å². The minimum atomic E-state index is -0.919. The summed E-state index contributed by atoms with van der Waals surface area (Å²) in [7, 11) is 1.53. The predicted molar refractivity (Wildman–Crippen MR) is 65.4 cm³/mol. The number of rotatable bonds is 6. The second kappa shape index (κ2) is 5.44. The Bertz CT molecular complexity index is 481. The lowest BCUT2D eigenvalue weighted by molar-refractivity contribution is -0.140. The zero-order chi connectivity index (χ0) is 14.0. The molecule has 0 radical (unpaired) electrons. The second-order valence-corrected chi connectivity index (χ2v) is 4.75. The fourth-order valence-corrected chi connectivity index (χ4v) is 2.04. The summed E-state index contributed by atoms with van der Waals surface area (Å²) in [4.78, 5) is 22.7. The average molecular weight is 267 g/mol. The molecular formula is C13H17NO5. The summed E-state index contributed by atoms with van der Waals surface area (Å²) in [6, 6.07) is 3.20. The SMILES string of the molecule is COC[C@H](NC(=O)[C@@H]1C[C@H]1C(=O)O)c1ccc(C)o1. The molecule has 1 aliphatic carbocycles. The van der Waals surface area contributed by atoms with Gasteiger partial charge < -0.3 is 19.6 Å². The molecule has 1 fully saturated rings. The summed E-state index contributed by atoms with van der Waals surface area (Å²) in [5.74, 6) is -0.810. The van der Waals surface area contributed by atoms with E-state index in [9.17, 15) is 9.59 Å². The van der Waals surface area contributed by atoms with E-state index in [2.05, 4.69) is 5.32 Å². The number of carbonyl (C=O) groups is 2. The molecule has 104 valence electrons. The normalized spacial score (nSPS) is 22.8. The molecule has 1 heterocycles. The molecule has 1 saturated carbocycles. The van der Waals surface area contributed by atoms with Crippen molar-refractivity contribution < 1.29 is 23.8 Å². The lowest BCUT2D eigenvalue weighted by Crippen LogP contribution is -2.33. The van der Waals surface area contributed by atoms with Crippen LogP contribution in [0.2, 0.25) is 0 Å². The maximum Gasteiger partial charge on any atom is 0.307 e. The van der Waals surface area contributed by atoms with Gasteiger partial charge in [-0.05, 0) is 25.5 Å². The highest BCUT2D eigenvalue weighted by Gasteiger charge is 2.48. The number of aryl methyl sites for hydroxylation is 1. The maximum atomic E-state index is 11.9. The van der Waals surface area contributed by atoms with Gasteiger partial charge in [0, 0.05) is 7.11 Å². The summed E-state index contributed by atoms with van der Waals surface area (Å²) in [5, 5.41) is 11.6. The molecule has 2 rings (SSSR count). The van der Waals surface area contributed by atoms with Crippen LogP contribution in [0.3, 0.4) is 0 Å². The van der Waals surface area contributed by atoms with Gasteiger partial charge in [-0.3, -0.25) is 9.59 Å². The smallest absolute Gasteiger partial charge is 0.307 e. The topological polar surface area (TPSA) is 88.8 Å². The quantitative estimate of drug-likeness (QED) is 0.806. The van der Waals surface area contributed by atoms with Crippen LogP contribution in [0.25, 0.3) is 0 Å². The van der Waals surface area contributed by atoms with E-state index < -0.39 is 17.8 Å². The van der Waals surface area contributed by atoms with E-state index in [1.54, 1.807) is 12.1 Å². The molecule has 0 saturated heterocycles. The van der Waals surface area contributed by atoms with Crippen LogP contribution >= 0.6 is 0 Å². The predicted octanol–water partition coefficient (Wildman–Crippen LogP) is 1.11. The van der Waals surface area contributed by atoms with Crippen molar-refractivity contribution in [2.24, 2.45) is 11.8 Å². The van der Waals surface area contributed by atoms with E-state index in [1.165, 1.54) is 7.11 Å². The zero-order valence-corrected chi connectivity index (χ0v) is 10.9. The van der Waals surface area contributed by atoms with Gasteiger partial charge in [0.1, 0.15) is 17.6 Å². The van der Waals surface area contributed by atoms with Gasteiger partial charge in [0.2, 0.25) is 5.91 Å². The van der Waals surface area contributed by atoms with Crippen molar-refractivity contribution in [1.82, 2.24) is 5.32 Å². The molecule has 0 unspecified atom stereocenters. The van der Waals surface area contributed by atoms with Gasteiger partial charge in [0.15, 0.2) is 0 Å². The van der Waals surface area contributed by atoms with E-state index in [4.69, 9.17) is 14.3 Å². The highest BCUT2D eigenvalue weighted by molar-refractivity contribution is 5.89. The number of carboxylic acid groups (broad SMARTS) is 1. The minimum absolute atomic E-state index is 0.261. The molecule has 1 aromatic heterocycles. The van der Waals surface area contributed by atoms with E-state index in [0.29, 0.717) is 12.2 Å². The standard InChI is InChI=1S/C13H17NO5/c1-7-3-4-11(19-7)10(6-18-2)14-12(15)8-5-9(8)13(16)17/h3-4,8-10H,5-6H2,1-2H3,(H,14,15)(H,16,17)/t8-,9-,10+/m1/s1. The van der Waals surface area contributed by atoms with Gasteiger partial charge in [-0.15, -0.1) is 0 Å². The number of hydrogen-bond acceptors (Lipinski definition) is 4. The molecule has 6 heteroatoms. The number of methoxy groups -OCH3 is 1. The number of carbonyl (C=O) groups excluding carboxylic acids is 1. The number of ether oxygens (including phenoxy) is 1. The first kappa shape index (κ1) is 13.6. The van der Waals surface area contributed by atoms with Crippen molar-refractivity contribution in [2.45, 2.75) is 19.4 Å². The first-order chi connectivity index (χ1) is 9.02. The number of nitrogens with one attached hydrogen (secondary N) is 1. The number of carboxylic acids is 1. The van der Waals surface area contributed by atoms with E-state index >= 15 is 0 Å². The average Bonchev–Trinajstić information content (AvgIpc) is 3.05. The Morgan fingerprint density at radius 1 is 1.53 bits per heavy atom. The van der Waals surface area contributed by atoms with Crippen LogP contribution < -0.4 is 5.32 Å². The maximum absolute atomic E-state index is 11.9. The van der Waals surface area contributed by atoms with Gasteiger partial charge in [-0.1, -0.05) is 0 Å². The molecule has 0 aliphatic heterocycles. The van der Waals surface area contributed by atoms with Gasteiger partial charge >= 0.3 is 5.97 Å². The minimum Gasteiger partial charge on any atom is -0.481 e. The Morgan fingerprint density at radius 2 is 2.26 bits per heavy atom. The van der Waals surface area contributed by atoms with Crippen molar-refractivity contribution in [2.75, 3.05) is 13.7 Å². The molecule has 1 aromatic rings. The first-order valence-corrected chi connectivity index (χ1v) is 6.11. The number of hydrogen-bond donors (Lipinski definition) is 2. The molecule has 1 amide bonds. The number of furan rings is 1. The van der Waals surface area contributed by atoms with Crippen LogP contribution in [0.5, 0.6) is 0 Å². The highest BCUT2D eigenvalue weighted by atomic mass is 16.5. The third-order valence-corrected chi connectivity index (χ3v) is 3.20. The first-order valence-electron chi connectivity index (χ1n) is 6.11. The molecule has 1 aliphatic rings. The monoisotopic (exact) mass is 267 g/mol. The van der Waals surface area contributed by atoms with Crippen LogP contribution in [0.4, 0.5) is 0 Å². The van der Waals surface area contributed by atoms with Gasteiger partial charge in [-0.25, -0.2) is 0 Å². The molecule has 0 spiro atoms. The highest BCUT2D eigenvalue weighted by Crippen LogP contribution is 2.39. The fourth-order valence-electron chi connectivity index (χ4n) is 2.04. The largest absolute Gasteiger partial charge is 0.481 e. The van der Waals surface area contributed by atoms with E-state index in [1.807, 2.05) is 6.92 Å².